The van der Waals surface area contributed by atoms with Gasteiger partial charge >= 0.3 is 6.18 Å². The fourth-order valence-corrected chi connectivity index (χ4v) is 1.73. The summed E-state index contributed by atoms with van der Waals surface area (Å²) < 4.78 is 37.6. The van der Waals surface area contributed by atoms with Crippen LogP contribution in [0.2, 0.25) is 0 Å². The molecule has 0 spiro atoms. The molecule has 0 aromatic carbocycles. The van der Waals surface area contributed by atoms with Crippen LogP contribution in [0.1, 0.15) is 13.3 Å². The van der Waals surface area contributed by atoms with Crippen LogP contribution < -0.4 is 10.9 Å². The maximum Gasteiger partial charge on any atom is 0.416 e. The first-order valence-electron chi connectivity index (χ1n) is 5.51. The fourth-order valence-electron chi connectivity index (χ4n) is 1.28. The lowest BCUT2D eigenvalue weighted by atomic mass is 10.3. The number of anilines is 1. The SMILES string of the molecule is CCCn1ncc(NCC(O)C(F)(F)F)c(Br)c1=O. The molecular formula is C10H13BrF3N3O2. The van der Waals surface area contributed by atoms with Gasteiger partial charge in [0.2, 0.25) is 0 Å². The number of hydrogen-bond donors (Lipinski definition) is 2. The molecule has 0 bridgehead atoms. The van der Waals surface area contributed by atoms with E-state index in [1.165, 1.54) is 10.9 Å². The van der Waals surface area contributed by atoms with E-state index in [-0.39, 0.29) is 10.2 Å². The van der Waals surface area contributed by atoms with Gasteiger partial charge in [-0.05, 0) is 22.4 Å². The minimum atomic E-state index is -4.70. The normalized spacial score (nSPS) is 13.4. The zero-order chi connectivity index (χ0) is 14.6. The molecule has 2 N–H and O–H groups in total. The highest BCUT2D eigenvalue weighted by Crippen LogP contribution is 2.22. The van der Waals surface area contributed by atoms with Gasteiger partial charge in [0.05, 0.1) is 11.9 Å². The molecule has 0 radical (unpaired) electrons. The van der Waals surface area contributed by atoms with Crippen molar-refractivity contribution in [2.75, 3.05) is 11.9 Å². The Kier molecular flexibility index (Phi) is 5.36. The molecule has 1 aromatic heterocycles. The molecule has 0 aliphatic carbocycles. The van der Waals surface area contributed by atoms with Gasteiger partial charge in [-0.15, -0.1) is 0 Å². The Balaban J connectivity index is 2.81. The number of nitrogens with zero attached hydrogens (tertiary/aromatic N) is 2. The molecule has 1 atom stereocenters. The number of halogens is 4. The van der Waals surface area contributed by atoms with Crippen LogP contribution in [0.5, 0.6) is 0 Å². The molecule has 1 rings (SSSR count). The van der Waals surface area contributed by atoms with Crippen molar-refractivity contribution in [2.24, 2.45) is 0 Å². The van der Waals surface area contributed by atoms with E-state index in [0.29, 0.717) is 13.0 Å². The van der Waals surface area contributed by atoms with Crippen molar-refractivity contribution in [3.8, 4) is 0 Å². The van der Waals surface area contributed by atoms with Gasteiger partial charge in [0.15, 0.2) is 6.10 Å². The van der Waals surface area contributed by atoms with E-state index >= 15 is 0 Å². The Morgan fingerprint density at radius 1 is 1.58 bits per heavy atom. The lowest BCUT2D eigenvalue weighted by Gasteiger charge is -2.16. The molecule has 0 amide bonds. The van der Waals surface area contributed by atoms with Crippen LogP contribution in [0.25, 0.3) is 0 Å². The smallest absolute Gasteiger partial charge is 0.382 e. The molecule has 1 aromatic rings. The predicted molar refractivity (Wildman–Crippen MR) is 67.0 cm³/mol. The highest BCUT2D eigenvalue weighted by molar-refractivity contribution is 9.10. The van der Waals surface area contributed by atoms with Crippen molar-refractivity contribution in [1.82, 2.24) is 9.78 Å². The number of hydrogen-bond acceptors (Lipinski definition) is 4. The summed E-state index contributed by atoms with van der Waals surface area (Å²) in [4.78, 5) is 11.7. The van der Waals surface area contributed by atoms with Crippen LogP contribution in [0.4, 0.5) is 18.9 Å². The molecule has 0 saturated carbocycles. The van der Waals surface area contributed by atoms with Gasteiger partial charge in [-0.1, -0.05) is 6.92 Å². The second-order valence-electron chi connectivity index (χ2n) is 3.84. The summed E-state index contributed by atoms with van der Waals surface area (Å²) in [7, 11) is 0. The van der Waals surface area contributed by atoms with Gasteiger partial charge in [-0.25, -0.2) is 4.68 Å². The third kappa shape index (κ3) is 4.20. The third-order valence-electron chi connectivity index (χ3n) is 2.28. The first kappa shape index (κ1) is 16.0. The van der Waals surface area contributed by atoms with Crippen LogP contribution in [-0.4, -0.2) is 33.7 Å². The van der Waals surface area contributed by atoms with E-state index in [2.05, 4.69) is 26.3 Å². The molecule has 0 aliphatic heterocycles. The molecule has 108 valence electrons. The Labute approximate surface area is 115 Å². The number of aliphatic hydroxyl groups excluding tert-OH is 1. The largest absolute Gasteiger partial charge is 0.416 e. The Hall–Kier alpha value is -1.09. The van der Waals surface area contributed by atoms with Crippen molar-refractivity contribution in [3.05, 3.63) is 21.0 Å². The standard InChI is InChI=1S/C10H13BrF3N3O2/c1-2-3-17-9(19)8(11)6(4-16-17)15-5-7(18)10(12,13)14/h4,7,15,18H,2-3,5H2,1H3. The van der Waals surface area contributed by atoms with Crippen LogP contribution >= 0.6 is 15.9 Å². The summed E-state index contributed by atoms with van der Waals surface area (Å²) >= 11 is 3.00. The lowest BCUT2D eigenvalue weighted by Crippen LogP contribution is -2.35. The van der Waals surface area contributed by atoms with Crippen LogP contribution in [-0.2, 0) is 6.54 Å². The van der Waals surface area contributed by atoms with Crippen LogP contribution in [0.3, 0.4) is 0 Å². The molecular weight excluding hydrogens is 331 g/mol. The Morgan fingerprint density at radius 2 is 2.21 bits per heavy atom. The molecule has 0 fully saturated rings. The first-order chi connectivity index (χ1) is 8.77. The van der Waals surface area contributed by atoms with Crippen LogP contribution in [0.15, 0.2) is 15.5 Å². The summed E-state index contributed by atoms with van der Waals surface area (Å²) in [5.41, 5.74) is -0.325. The zero-order valence-electron chi connectivity index (χ0n) is 10.0. The molecule has 1 heterocycles. The van der Waals surface area contributed by atoms with Crippen molar-refractivity contribution < 1.29 is 18.3 Å². The second-order valence-corrected chi connectivity index (χ2v) is 4.63. The van der Waals surface area contributed by atoms with Crippen molar-refractivity contribution in [3.63, 3.8) is 0 Å². The molecule has 19 heavy (non-hydrogen) atoms. The molecule has 1 unspecified atom stereocenters. The van der Waals surface area contributed by atoms with Gasteiger partial charge in [-0.2, -0.15) is 18.3 Å². The van der Waals surface area contributed by atoms with E-state index in [4.69, 9.17) is 5.11 Å². The fraction of sp³-hybridized carbons (Fsp3) is 0.600. The number of aryl methyl sites for hydroxylation is 1. The van der Waals surface area contributed by atoms with E-state index in [1.807, 2.05) is 6.92 Å². The third-order valence-corrected chi connectivity index (χ3v) is 3.05. The lowest BCUT2D eigenvalue weighted by molar-refractivity contribution is -0.198. The van der Waals surface area contributed by atoms with E-state index in [9.17, 15) is 18.0 Å². The number of nitrogens with one attached hydrogen (secondary N) is 1. The minimum Gasteiger partial charge on any atom is -0.382 e. The Morgan fingerprint density at radius 3 is 2.74 bits per heavy atom. The van der Waals surface area contributed by atoms with Crippen LogP contribution in [0, 0.1) is 0 Å². The number of aliphatic hydroxyl groups is 1. The summed E-state index contributed by atoms with van der Waals surface area (Å²) in [5.74, 6) is 0. The average molecular weight is 344 g/mol. The maximum absolute atomic E-state index is 12.1. The average Bonchev–Trinajstić information content (AvgIpc) is 2.32. The quantitative estimate of drug-likeness (QED) is 0.854. The van der Waals surface area contributed by atoms with Gasteiger partial charge in [0, 0.05) is 13.1 Å². The summed E-state index contributed by atoms with van der Waals surface area (Å²) in [6.07, 6.45) is -5.26. The van der Waals surface area contributed by atoms with E-state index < -0.39 is 24.4 Å². The van der Waals surface area contributed by atoms with Gasteiger partial charge < -0.3 is 10.4 Å². The Bertz CT molecular complexity index is 490. The second kappa shape index (κ2) is 6.38. The summed E-state index contributed by atoms with van der Waals surface area (Å²) in [5, 5.41) is 15.0. The molecule has 0 aliphatic rings. The highest BCUT2D eigenvalue weighted by atomic mass is 79.9. The minimum absolute atomic E-state index is 0.0883. The molecule has 5 nitrogen and oxygen atoms in total. The van der Waals surface area contributed by atoms with Crippen molar-refractivity contribution >= 4 is 21.6 Å². The van der Waals surface area contributed by atoms with Crippen molar-refractivity contribution in [1.29, 1.82) is 0 Å². The van der Waals surface area contributed by atoms with E-state index in [0.717, 1.165) is 0 Å². The monoisotopic (exact) mass is 343 g/mol. The highest BCUT2D eigenvalue weighted by Gasteiger charge is 2.37. The zero-order valence-corrected chi connectivity index (χ0v) is 11.6. The number of rotatable bonds is 5. The topological polar surface area (TPSA) is 67.2 Å². The maximum atomic E-state index is 12.1. The number of alkyl halides is 3. The van der Waals surface area contributed by atoms with Crippen molar-refractivity contribution in [2.45, 2.75) is 32.2 Å². The molecule has 9 heteroatoms. The summed E-state index contributed by atoms with van der Waals surface area (Å²) in [6, 6.07) is 0. The first-order valence-corrected chi connectivity index (χ1v) is 6.31. The predicted octanol–water partition coefficient (Wildman–Crippen LogP) is 1.75. The summed E-state index contributed by atoms with van der Waals surface area (Å²) in [6.45, 7) is 1.54. The van der Waals surface area contributed by atoms with Gasteiger partial charge in [0.25, 0.3) is 5.56 Å². The number of aromatic nitrogens is 2. The van der Waals surface area contributed by atoms with Gasteiger partial charge in [0.1, 0.15) is 4.47 Å². The van der Waals surface area contributed by atoms with Gasteiger partial charge in [-0.3, -0.25) is 4.79 Å². The molecule has 0 saturated heterocycles. The van der Waals surface area contributed by atoms with E-state index in [1.54, 1.807) is 0 Å².